The molecule has 1 aromatic carbocycles. The van der Waals surface area contributed by atoms with Gasteiger partial charge in [-0.2, -0.15) is 0 Å². The first-order valence-corrected chi connectivity index (χ1v) is 6.30. The molecular weight excluding hydrogens is 214 g/mol. The Kier molecular flexibility index (Phi) is 4.54. The summed E-state index contributed by atoms with van der Waals surface area (Å²) < 4.78 is 5.63. The number of aliphatic hydroxyl groups excluding tert-OH is 1. The van der Waals surface area contributed by atoms with Crippen LogP contribution in [0, 0.1) is 0 Å². The fourth-order valence-electron chi connectivity index (χ4n) is 2.23. The van der Waals surface area contributed by atoms with E-state index < -0.39 is 0 Å². The normalized spacial score (nSPS) is 22.4. The number of ether oxygens (including phenoxy) is 1. The van der Waals surface area contributed by atoms with Crippen LogP contribution in [0.3, 0.4) is 0 Å². The Hall–Kier alpha value is -0.900. The van der Waals surface area contributed by atoms with Gasteiger partial charge in [0, 0.05) is 26.2 Å². The van der Waals surface area contributed by atoms with Gasteiger partial charge in [-0.25, -0.2) is 0 Å². The number of hydrogen-bond donors (Lipinski definition) is 1. The van der Waals surface area contributed by atoms with Crippen molar-refractivity contribution in [1.29, 1.82) is 0 Å². The molecule has 3 nitrogen and oxygen atoms in total. The maximum atomic E-state index is 8.99. The van der Waals surface area contributed by atoms with Crippen LogP contribution in [-0.2, 0) is 17.9 Å². The standard InChI is InChI=1S/C14H21NO2/c1-12-9-15(7-2-8-17-12)10-13-3-5-14(11-16)6-4-13/h3-6,12,16H,2,7-11H2,1H3. The van der Waals surface area contributed by atoms with Crippen molar-refractivity contribution in [3.05, 3.63) is 35.4 Å². The fraction of sp³-hybridized carbons (Fsp3) is 0.571. The lowest BCUT2D eigenvalue weighted by Gasteiger charge is -2.21. The van der Waals surface area contributed by atoms with E-state index in [1.165, 1.54) is 5.56 Å². The molecule has 1 aliphatic rings. The molecular formula is C14H21NO2. The van der Waals surface area contributed by atoms with Crippen molar-refractivity contribution < 1.29 is 9.84 Å². The summed E-state index contributed by atoms with van der Waals surface area (Å²) in [5.41, 5.74) is 2.28. The second kappa shape index (κ2) is 6.15. The molecule has 0 amide bonds. The molecule has 1 atom stereocenters. The third-order valence-corrected chi connectivity index (χ3v) is 3.15. The Morgan fingerprint density at radius 3 is 2.71 bits per heavy atom. The fourth-order valence-corrected chi connectivity index (χ4v) is 2.23. The predicted molar refractivity (Wildman–Crippen MR) is 67.7 cm³/mol. The smallest absolute Gasteiger partial charge is 0.0681 e. The molecule has 1 aliphatic heterocycles. The molecule has 0 radical (unpaired) electrons. The van der Waals surface area contributed by atoms with Crippen LogP contribution in [0.15, 0.2) is 24.3 Å². The molecule has 3 heteroatoms. The second-order valence-electron chi connectivity index (χ2n) is 4.74. The lowest BCUT2D eigenvalue weighted by atomic mass is 10.1. The van der Waals surface area contributed by atoms with Crippen molar-refractivity contribution in [2.75, 3.05) is 19.7 Å². The molecule has 1 unspecified atom stereocenters. The molecule has 0 saturated carbocycles. The first-order chi connectivity index (χ1) is 8.28. The molecule has 0 aliphatic carbocycles. The monoisotopic (exact) mass is 235 g/mol. The lowest BCUT2D eigenvalue weighted by molar-refractivity contribution is 0.0668. The summed E-state index contributed by atoms with van der Waals surface area (Å²) in [7, 11) is 0. The minimum atomic E-state index is 0.120. The summed E-state index contributed by atoms with van der Waals surface area (Å²) in [4.78, 5) is 2.44. The summed E-state index contributed by atoms with van der Waals surface area (Å²) in [5, 5.41) is 8.99. The topological polar surface area (TPSA) is 32.7 Å². The van der Waals surface area contributed by atoms with E-state index >= 15 is 0 Å². The number of rotatable bonds is 3. The Bertz CT molecular complexity index is 337. The number of aliphatic hydroxyl groups is 1. The highest BCUT2D eigenvalue weighted by Crippen LogP contribution is 2.11. The molecule has 1 N–H and O–H groups in total. The van der Waals surface area contributed by atoms with Crippen molar-refractivity contribution in [2.45, 2.75) is 32.6 Å². The second-order valence-corrected chi connectivity index (χ2v) is 4.74. The summed E-state index contributed by atoms with van der Waals surface area (Å²) in [6.45, 7) is 6.20. The van der Waals surface area contributed by atoms with Gasteiger partial charge in [-0.1, -0.05) is 24.3 Å². The van der Waals surface area contributed by atoms with E-state index in [0.29, 0.717) is 6.10 Å². The minimum Gasteiger partial charge on any atom is -0.392 e. The van der Waals surface area contributed by atoms with Crippen molar-refractivity contribution >= 4 is 0 Å². The van der Waals surface area contributed by atoms with E-state index in [1.807, 2.05) is 12.1 Å². The van der Waals surface area contributed by atoms with Crippen LogP contribution in [-0.4, -0.2) is 35.8 Å². The van der Waals surface area contributed by atoms with Gasteiger partial charge in [0.25, 0.3) is 0 Å². The van der Waals surface area contributed by atoms with Crippen molar-refractivity contribution in [2.24, 2.45) is 0 Å². The van der Waals surface area contributed by atoms with Crippen LogP contribution in [0.5, 0.6) is 0 Å². The molecule has 1 saturated heterocycles. The van der Waals surface area contributed by atoms with Gasteiger partial charge in [-0.15, -0.1) is 0 Å². The largest absolute Gasteiger partial charge is 0.392 e. The number of benzene rings is 1. The minimum absolute atomic E-state index is 0.120. The van der Waals surface area contributed by atoms with Crippen LogP contribution in [0.4, 0.5) is 0 Å². The maximum absolute atomic E-state index is 8.99. The Morgan fingerprint density at radius 2 is 2.00 bits per heavy atom. The summed E-state index contributed by atoms with van der Waals surface area (Å²) in [6, 6.07) is 8.18. The highest BCUT2D eigenvalue weighted by Gasteiger charge is 2.14. The molecule has 1 fully saturated rings. The van der Waals surface area contributed by atoms with E-state index in [4.69, 9.17) is 9.84 Å². The predicted octanol–water partition coefficient (Wildman–Crippen LogP) is 1.79. The van der Waals surface area contributed by atoms with E-state index in [-0.39, 0.29) is 6.61 Å². The van der Waals surface area contributed by atoms with Gasteiger partial charge in [0.15, 0.2) is 0 Å². The van der Waals surface area contributed by atoms with Crippen LogP contribution < -0.4 is 0 Å². The Morgan fingerprint density at radius 1 is 1.29 bits per heavy atom. The molecule has 0 aromatic heterocycles. The molecule has 2 rings (SSSR count). The molecule has 0 spiro atoms. The van der Waals surface area contributed by atoms with Crippen LogP contribution in [0.2, 0.25) is 0 Å². The highest BCUT2D eigenvalue weighted by atomic mass is 16.5. The van der Waals surface area contributed by atoms with Crippen LogP contribution >= 0.6 is 0 Å². The van der Waals surface area contributed by atoms with Gasteiger partial charge in [0.1, 0.15) is 0 Å². The van der Waals surface area contributed by atoms with Gasteiger partial charge >= 0.3 is 0 Å². The highest BCUT2D eigenvalue weighted by molar-refractivity contribution is 5.21. The van der Waals surface area contributed by atoms with Gasteiger partial charge < -0.3 is 9.84 Å². The zero-order chi connectivity index (χ0) is 12.1. The van der Waals surface area contributed by atoms with Gasteiger partial charge in [0.05, 0.1) is 12.7 Å². The van der Waals surface area contributed by atoms with Crippen molar-refractivity contribution in [3.63, 3.8) is 0 Å². The third kappa shape index (κ3) is 3.80. The van der Waals surface area contributed by atoms with E-state index in [0.717, 1.165) is 38.2 Å². The zero-order valence-corrected chi connectivity index (χ0v) is 10.4. The van der Waals surface area contributed by atoms with Crippen molar-refractivity contribution in [1.82, 2.24) is 4.90 Å². The Labute approximate surface area is 103 Å². The number of hydrogen-bond acceptors (Lipinski definition) is 3. The van der Waals surface area contributed by atoms with Gasteiger partial charge in [-0.05, 0) is 24.5 Å². The summed E-state index contributed by atoms with van der Waals surface area (Å²) in [5.74, 6) is 0. The van der Waals surface area contributed by atoms with Crippen LogP contribution in [0.25, 0.3) is 0 Å². The molecule has 0 bridgehead atoms. The third-order valence-electron chi connectivity index (χ3n) is 3.15. The first-order valence-electron chi connectivity index (χ1n) is 6.30. The summed E-state index contributed by atoms with van der Waals surface area (Å²) in [6.07, 6.45) is 1.44. The first kappa shape index (κ1) is 12.6. The van der Waals surface area contributed by atoms with Crippen molar-refractivity contribution in [3.8, 4) is 0 Å². The average molecular weight is 235 g/mol. The molecule has 94 valence electrons. The van der Waals surface area contributed by atoms with E-state index in [1.54, 1.807) is 0 Å². The van der Waals surface area contributed by atoms with Crippen LogP contribution in [0.1, 0.15) is 24.5 Å². The molecule has 17 heavy (non-hydrogen) atoms. The van der Waals surface area contributed by atoms with E-state index in [9.17, 15) is 0 Å². The molecule has 1 aromatic rings. The summed E-state index contributed by atoms with van der Waals surface area (Å²) >= 11 is 0. The Balaban J connectivity index is 1.94. The zero-order valence-electron chi connectivity index (χ0n) is 10.4. The number of nitrogens with zero attached hydrogens (tertiary/aromatic N) is 1. The molecule has 1 heterocycles. The van der Waals surface area contributed by atoms with Gasteiger partial charge in [0.2, 0.25) is 0 Å². The average Bonchev–Trinajstić information content (AvgIpc) is 2.55. The quantitative estimate of drug-likeness (QED) is 0.867. The van der Waals surface area contributed by atoms with Gasteiger partial charge in [-0.3, -0.25) is 4.90 Å². The lowest BCUT2D eigenvalue weighted by Crippen LogP contribution is -2.29. The SMILES string of the molecule is CC1CN(Cc2ccc(CO)cc2)CCCO1. The maximum Gasteiger partial charge on any atom is 0.0681 e. The van der Waals surface area contributed by atoms with E-state index in [2.05, 4.69) is 24.0 Å².